The van der Waals surface area contributed by atoms with Crippen molar-refractivity contribution >= 4 is 22.7 Å². The zero-order chi connectivity index (χ0) is 15.1. The van der Waals surface area contributed by atoms with Crippen LogP contribution in [0.4, 0.5) is 0 Å². The lowest BCUT2D eigenvalue weighted by Crippen LogP contribution is -2.20. The van der Waals surface area contributed by atoms with Gasteiger partial charge >= 0.3 is 11.9 Å². The maximum absolute atomic E-state index is 11.8. The van der Waals surface area contributed by atoms with Gasteiger partial charge in [-0.25, -0.2) is 4.79 Å². The summed E-state index contributed by atoms with van der Waals surface area (Å²) in [6.45, 7) is 3.67. The molecular weight excluding hydrogens is 280 g/mol. The quantitative estimate of drug-likeness (QED) is 0.778. The lowest BCUT2D eigenvalue weighted by molar-refractivity contribution is -0.145. The molecule has 5 nitrogen and oxygen atoms in total. The van der Waals surface area contributed by atoms with E-state index >= 15 is 0 Å². The fourth-order valence-electron chi connectivity index (χ4n) is 1.50. The van der Waals surface area contributed by atoms with E-state index in [2.05, 4.69) is 0 Å². The third-order valence-corrected chi connectivity index (χ3v) is 3.90. The van der Waals surface area contributed by atoms with Crippen LogP contribution in [-0.4, -0.2) is 33.1 Å². The Morgan fingerprint density at radius 3 is 2.70 bits per heavy atom. The van der Waals surface area contributed by atoms with Crippen molar-refractivity contribution < 1.29 is 23.6 Å². The number of aromatic carboxylic acids is 1. The van der Waals surface area contributed by atoms with Gasteiger partial charge in [0, 0.05) is 16.6 Å². The number of benzene rings is 1. The van der Waals surface area contributed by atoms with Gasteiger partial charge in [0.25, 0.3) is 0 Å². The molecule has 0 saturated carbocycles. The first-order valence-electron chi connectivity index (χ1n) is 6.29. The number of hydrogen-bond acceptors (Lipinski definition) is 4. The highest BCUT2D eigenvalue weighted by Crippen LogP contribution is 2.08. The smallest absolute Gasteiger partial charge is 0.335 e. The summed E-state index contributed by atoms with van der Waals surface area (Å²) in [6, 6.07) is 6.20. The molecule has 0 aliphatic carbocycles. The van der Waals surface area contributed by atoms with Gasteiger partial charge in [0.2, 0.25) is 0 Å². The van der Waals surface area contributed by atoms with Crippen molar-refractivity contribution in [3.8, 4) is 0 Å². The molecule has 2 atom stereocenters. The molecule has 0 spiro atoms. The number of carboxylic acids is 1. The number of esters is 1. The Balaban J connectivity index is 2.56. The molecule has 2 unspecified atom stereocenters. The SMILES string of the molecule is CCC(C)OC(=O)CS(=O)Cc1cccc(C(=O)O)c1. The molecule has 0 aliphatic rings. The summed E-state index contributed by atoms with van der Waals surface area (Å²) in [5.74, 6) is -1.57. The summed E-state index contributed by atoms with van der Waals surface area (Å²) < 4.78 is 16.9. The fraction of sp³-hybridized carbons (Fsp3) is 0.429. The Morgan fingerprint density at radius 2 is 2.10 bits per heavy atom. The van der Waals surface area contributed by atoms with E-state index in [9.17, 15) is 13.8 Å². The second-order valence-electron chi connectivity index (χ2n) is 4.44. The summed E-state index contributed by atoms with van der Waals surface area (Å²) in [6.07, 6.45) is 0.522. The normalized spacial score (nSPS) is 13.5. The molecule has 1 rings (SSSR count). The van der Waals surface area contributed by atoms with E-state index in [0.717, 1.165) is 0 Å². The lowest BCUT2D eigenvalue weighted by atomic mass is 10.1. The van der Waals surface area contributed by atoms with Crippen LogP contribution in [0.3, 0.4) is 0 Å². The van der Waals surface area contributed by atoms with Gasteiger partial charge in [0.1, 0.15) is 5.75 Å². The number of hydrogen-bond donors (Lipinski definition) is 1. The zero-order valence-electron chi connectivity index (χ0n) is 11.5. The lowest BCUT2D eigenvalue weighted by Gasteiger charge is -2.10. The van der Waals surface area contributed by atoms with Crippen LogP contribution < -0.4 is 0 Å². The average molecular weight is 298 g/mol. The van der Waals surface area contributed by atoms with Gasteiger partial charge in [-0.2, -0.15) is 0 Å². The van der Waals surface area contributed by atoms with Gasteiger partial charge in [-0.15, -0.1) is 0 Å². The van der Waals surface area contributed by atoms with Crippen LogP contribution >= 0.6 is 0 Å². The first-order chi connectivity index (χ1) is 9.42. The fourth-order valence-corrected chi connectivity index (χ4v) is 2.49. The highest BCUT2D eigenvalue weighted by atomic mass is 32.2. The Labute approximate surface area is 120 Å². The topological polar surface area (TPSA) is 80.7 Å². The third-order valence-electron chi connectivity index (χ3n) is 2.69. The van der Waals surface area contributed by atoms with Crippen molar-refractivity contribution in [1.29, 1.82) is 0 Å². The van der Waals surface area contributed by atoms with Gasteiger partial charge in [-0.3, -0.25) is 9.00 Å². The molecule has 6 heteroatoms. The van der Waals surface area contributed by atoms with Crippen molar-refractivity contribution in [1.82, 2.24) is 0 Å². The highest BCUT2D eigenvalue weighted by molar-refractivity contribution is 7.84. The molecule has 0 saturated heterocycles. The van der Waals surface area contributed by atoms with Crippen LogP contribution in [0, 0.1) is 0 Å². The number of carbonyl (C=O) groups excluding carboxylic acids is 1. The molecule has 0 radical (unpaired) electrons. The maximum atomic E-state index is 11.8. The van der Waals surface area contributed by atoms with Crippen LogP contribution in [0.1, 0.15) is 36.2 Å². The Morgan fingerprint density at radius 1 is 1.40 bits per heavy atom. The van der Waals surface area contributed by atoms with Gasteiger partial charge in [-0.1, -0.05) is 19.1 Å². The van der Waals surface area contributed by atoms with Crippen LogP contribution in [-0.2, 0) is 26.1 Å². The molecule has 0 fully saturated rings. The van der Waals surface area contributed by atoms with Crippen molar-refractivity contribution in [2.45, 2.75) is 32.1 Å². The molecule has 0 bridgehead atoms. The second kappa shape index (κ2) is 7.79. The van der Waals surface area contributed by atoms with E-state index in [-0.39, 0.29) is 23.2 Å². The van der Waals surface area contributed by atoms with E-state index in [0.29, 0.717) is 12.0 Å². The van der Waals surface area contributed by atoms with E-state index in [1.54, 1.807) is 19.1 Å². The van der Waals surface area contributed by atoms with Crippen LogP contribution in [0.2, 0.25) is 0 Å². The van der Waals surface area contributed by atoms with E-state index in [1.807, 2.05) is 6.92 Å². The molecule has 1 aromatic rings. The molecule has 0 amide bonds. The average Bonchev–Trinajstić information content (AvgIpc) is 2.38. The molecule has 0 aromatic heterocycles. The minimum Gasteiger partial charge on any atom is -0.478 e. The summed E-state index contributed by atoms with van der Waals surface area (Å²) in [7, 11) is -1.41. The molecule has 0 heterocycles. The Bertz CT molecular complexity index is 512. The highest BCUT2D eigenvalue weighted by Gasteiger charge is 2.13. The van der Waals surface area contributed by atoms with Gasteiger partial charge < -0.3 is 9.84 Å². The summed E-state index contributed by atoms with van der Waals surface area (Å²) in [4.78, 5) is 22.3. The van der Waals surface area contributed by atoms with Gasteiger partial charge in [-0.05, 0) is 31.0 Å². The first kappa shape index (κ1) is 16.4. The first-order valence-corrected chi connectivity index (χ1v) is 7.77. The van der Waals surface area contributed by atoms with E-state index in [1.165, 1.54) is 12.1 Å². The number of rotatable bonds is 7. The van der Waals surface area contributed by atoms with E-state index in [4.69, 9.17) is 9.84 Å². The second-order valence-corrected chi connectivity index (χ2v) is 5.90. The van der Waals surface area contributed by atoms with Crippen molar-refractivity contribution in [2.24, 2.45) is 0 Å². The molecule has 1 N–H and O–H groups in total. The summed E-state index contributed by atoms with van der Waals surface area (Å²) in [5, 5.41) is 8.87. The van der Waals surface area contributed by atoms with E-state index < -0.39 is 22.7 Å². The van der Waals surface area contributed by atoms with Crippen molar-refractivity contribution in [2.75, 3.05) is 5.75 Å². The third kappa shape index (κ3) is 5.52. The van der Waals surface area contributed by atoms with Crippen LogP contribution in [0.15, 0.2) is 24.3 Å². The number of carbonyl (C=O) groups is 2. The van der Waals surface area contributed by atoms with Crippen LogP contribution in [0.25, 0.3) is 0 Å². The van der Waals surface area contributed by atoms with Gasteiger partial charge in [0.15, 0.2) is 0 Å². The number of carboxylic acid groups (broad SMARTS) is 1. The standard InChI is InChI=1S/C14H18O5S/c1-3-10(2)19-13(15)9-20(18)8-11-5-4-6-12(7-11)14(16)17/h4-7,10H,3,8-9H2,1-2H3,(H,16,17). The summed E-state index contributed by atoms with van der Waals surface area (Å²) in [5.41, 5.74) is 0.765. The molecule has 1 aromatic carbocycles. The largest absolute Gasteiger partial charge is 0.478 e. The predicted octanol–water partition coefficient (Wildman–Crippen LogP) is 1.98. The predicted molar refractivity (Wildman–Crippen MR) is 76.0 cm³/mol. The van der Waals surface area contributed by atoms with Gasteiger partial charge in [0.05, 0.1) is 11.7 Å². The molecule has 0 aliphatic heterocycles. The van der Waals surface area contributed by atoms with Crippen molar-refractivity contribution in [3.63, 3.8) is 0 Å². The summed E-state index contributed by atoms with van der Waals surface area (Å²) >= 11 is 0. The zero-order valence-corrected chi connectivity index (χ0v) is 12.3. The van der Waals surface area contributed by atoms with Crippen LogP contribution in [0.5, 0.6) is 0 Å². The Hall–Kier alpha value is -1.69. The van der Waals surface area contributed by atoms with Crippen molar-refractivity contribution in [3.05, 3.63) is 35.4 Å². The minimum atomic E-state index is -1.41. The minimum absolute atomic E-state index is 0.136. The number of ether oxygens (including phenoxy) is 1. The molecular formula is C14H18O5S. The monoisotopic (exact) mass is 298 g/mol. The Kier molecular flexibility index (Phi) is 6.38. The molecule has 110 valence electrons. The maximum Gasteiger partial charge on any atom is 0.335 e. The molecule has 20 heavy (non-hydrogen) atoms.